The van der Waals surface area contributed by atoms with E-state index >= 15 is 0 Å². The lowest BCUT2D eigenvalue weighted by molar-refractivity contribution is -0.131. The second kappa shape index (κ2) is 6.96. The molecule has 1 amide bonds. The number of hydrogen-bond donors (Lipinski definition) is 1. The molecule has 0 bridgehead atoms. The summed E-state index contributed by atoms with van der Waals surface area (Å²) >= 11 is 0. The number of aliphatic hydroxyl groups excluding tert-OH is 1. The van der Waals surface area contributed by atoms with E-state index in [1.165, 1.54) is 11.0 Å². The number of aliphatic hydroxyl groups is 1. The standard InChI is InChI=1S/C13H18FNO3/c1-3-18-12-5-4-10(8-11(12)14)9-15(2)13(17)6-7-16/h4-5,8,16H,3,6-7,9H2,1-2H3. The van der Waals surface area contributed by atoms with Gasteiger partial charge in [-0.1, -0.05) is 6.07 Å². The van der Waals surface area contributed by atoms with Gasteiger partial charge in [-0.3, -0.25) is 4.79 Å². The van der Waals surface area contributed by atoms with Crippen molar-refractivity contribution in [3.63, 3.8) is 0 Å². The van der Waals surface area contributed by atoms with E-state index in [4.69, 9.17) is 9.84 Å². The maximum Gasteiger partial charge on any atom is 0.224 e. The first-order valence-corrected chi connectivity index (χ1v) is 5.84. The molecule has 0 aromatic heterocycles. The van der Waals surface area contributed by atoms with Gasteiger partial charge < -0.3 is 14.7 Å². The van der Waals surface area contributed by atoms with Crippen LogP contribution < -0.4 is 4.74 Å². The minimum Gasteiger partial charge on any atom is -0.491 e. The van der Waals surface area contributed by atoms with Gasteiger partial charge in [0, 0.05) is 20.0 Å². The van der Waals surface area contributed by atoms with Crippen molar-refractivity contribution in [1.29, 1.82) is 0 Å². The highest BCUT2D eigenvalue weighted by atomic mass is 19.1. The van der Waals surface area contributed by atoms with Gasteiger partial charge in [0.15, 0.2) is 11.6 Å². The van der Waals surface area contributed by atoms with E-state index in [0.717, 1.165) is 0 Å². The third-order valence-electron chi connectivity index (χ3n) is 2.47. The van der Waals surface area contributed by atoms with Crippen molar-refractivity contribution >= 4 is 5.91 Å². The van der Waals surface area contributed by atoms with Crippen LogP contribution in [-0.2, 0) is 11.3 Å². The smallest absolute Gasteiger partial charge is 0.224 e. The highest BCUT2D eigenvalue weighted by Gasteiger charge is 2.10. The molecule has 4 nitrogen and oxygen atoms in total. The van der Waals surface area contributed by atoms with Gasteiger partial charge in [-0.05, 0) is 24.6 Å². The first-order valence-electron chi connectivity index (χ1n) is 5.84. The number of nitrogens with zero attached hydrogens (tertiary/aromatic N) is 1. The van der Waals surface area contributed by atoms with Crippen molar-refractivity contribution in [2.75, 3.05) is 20.3 Å². The molecule has 0 aliphatic carbocycles. The van der Waals surface area contributed by atoms with E-state index in [1.807, 2.05) is 0 Å². The van der Waals surface area contributed by atoms with Gasteiger partial charge in [0.2, 0.25) is 5.91 Å². The molecular formula is C13H18FNO3. The highest BCUT2D eigenvalue weighted by Crippen LogP contribution is 2.19. The van der Waals surface area contributed by atoms with Gasteiger partial charge in [0.05, 0.1) is 13.2 Å². The van der Waals surface area contributed by atoms with Crippen LogP contribution in [0.5, 0.6) is 5.75 Å². The first kappa shape index (κ1) is 14.4. The summed E-state index contributed by atoms with van der Waals surface area (Å²) < 4.78 is 18.7. The van der Waals surface area contributed by atoms with Crippen molar-refractivity contribution < 1.29 is 19.0 Å². The summed E-state index contributed by atoms with van der Waals surface area (Å²) in [6.45, 7) is 2.32. The second-order valence-electron chi connectivity index (χ2n) is 3.92. The Labute approximate surface area is 106 Å². The number of rotatable bonds is 6. The predicted octanol–water partition coefficient (Wildman–Crippen LogP) is 1.57. The summed E-state index contributed by atoms with van der Waals surface area (Å²) in [6.07, 6.45) is 0.0794. The number of ether oxygens (including phenoxy) is 1. The van der Waals surface area contributed by atoms with Gasteiger partial charge in [0.1, 0.15) is 0 Å². The second-order valence-corrected chi connectivity index (χ2v) is 3.92. The lowest BCUT2D eigenvalue weighted by Gasteiger charge is -2.17. The summed E-state index contributed by atoms with van der Waals surface area (Å²) in [5.41, 5.74) is 0.685. The third kappa shape index (κ3) is 4.00. The lowest BCUT2D eigenvalue weighted by atomic mass is 10.2. The number of carbonyl (C=O) groups is 1. The van der Waals surface area contributed by atoms with E-state index in [0.29, 0.717) is 18.7 Å². The molecule has 0 aliphatic rings. The van der Waals surface area contributed by atoms with Crippen LogP contribution >= 0.6 is 0 Å². The van der Waals surface area contributed by atoms with E-state index in [2.05, 4.69) is 0 Å². The summed E-state index contributed by atoms with van der Waals surface area (Å²) in [6, 6.07) is 4.63. The molecule has 5 heteroatoms. The van der Waals surface area contributed by atoms with E-state index in [1.54, 1.807) is 26.1 Å². The van der Waals surface area contributed by atoms with Crippen LogP contribution in [0.3, 0.4) is 0 Å². The molecule has 18 heavy (non-hydrogen) atoms. The fraction of sp³-hybridized carbons (Fsp3) is 0.462. The molecule has 1 rings (SSSR count). The predicted molar refractivity (Wildman–Crippen MR) is 65.7 cm³/mol. The molecule has 0 saturated carbocycles. The number of hydrogen-bond acceptors (Lipinski definition) is 3. The molecule has 0 heterocycles. The third-order valence-corrected chi connectivity index (χ3v) is 2.47. The Morgan fingerprint density at radius 2 is 2.22 bits per heavy atom. The Hall–Kier alpha value is -1.62. The zero-order chi connectivity index (χ0) is 13.5. The van der Waals surface area contributed by atoms with Crippen LogP contribution in [0.25, 0.3) is 0 Å². The number of amides is 1. The summed E-state index contributed by atoms with van der Waals surface area (Å²) in [4.78, 5) is 12.9. The molecule has 1 aromatic carbocycles. The summed E-state index contributed by atoms with van der Waals surface area (Å²) in [5.74, 6) is -0.394. The largest absolute Gasteiger partial charge is 0.491 e. The molecule has 1 aromatic rings. The monoisotopic (exact) mass is 255 g/mol. The van der Waals surface area contributed by atoms with Crippen molar-refractivity contribution in [3.8, 4) is 5.75 Å². The summed E-state index contributed by atoms with van der Waals surface area (Å²) in [5, 5.41) is 8.67. The fourth-order valence-corrected chi connectivity index (χ4v) is 1.56. The Morgan fingerprint density at radius 3 is 2.78 bits per heavy atom. The average molecular weight is 255 g/mol. The zero-order valence-corrected chi connectivity index (χ0v) is 10.6. The molecule has 100 valence electrons. The van der Waals surface area contributed by atoms with E-state index in [9.17, 15) is 9.18 Å². The molecule has 0 fully saturated rings. The molecule has 0 radical (unpaired) electrons. The molecular weight excluding hydrogens is 237 g/mol. The van der Waals surface area contributed by atoms with Crippen molar-refractivity contribution in [3.05, 3.63) is 29.6 Å². The molecule has 0 aliphatic heterocycles. The van der Waals surface area contributed by atoms with Gasteiger partial charge in [-0.15, -0.1) is 0 Å². The number of carbonyl (C=O) groups excluding carboxylic acids is 1. The van der Waals surface area contributed by atoms with Crippen LogP contribution in [0.2, 0.25) is 0 Å². The SMILES string of the molecule is CCOc1ccc(CN(C)C(=O)CCO)cc1F. The summed E-state index contributed by atoms with van der Waals surface area (Å²) in [7, 11) is 1.62. The van der Waals surface area contributed by atoms with Gasteiger partial charge in [0.25, 0.3) is 0 Å². The van der Waals surface area contributed by atoms with Crippen LogP contribution in [0.1, 0.15) is 18.9 Å². The van der Waals surface area contributed by atoms with Crippen molar-refractivity contribution in [2.45, 2.75) is 19.9 Å². The van der Waals surface area contributed by atoms with E-state index in [-0.39, 0.29) is 24.7 Å². The zero-order valence-electron chi connectivity index (χ0n) is 10.6. The maximum atomic E-state index is 13.6. The minimum absolute atomic E-state index is 0.0794. The minimum atomic E-state index is -0.433. The first-order chi connectivity index (χ1) is 8.58. The fourth-order valence-electron chi connectivity index (χ4n) is 1.56. The quantitative estimate of drug-likeness (QED) is 0.839. The Balaban J connectivity index is 2.68. The Bertz CT molecular complexity index is 409. The maximum absolute atomic E-state index is 13.6. The Morgan fingerprint density at radius 1 is 1.50 bits per heavy atom. The molecule has 0 saturated heterocycles. The molecule has 0 unspecified atom stereocenters. The van der Waals surface area contributed by atoms with Gasteiger partial charge in [-0.2, -0.15) is 0 Å². The van der Waals surface area contributed by atoms with Crippen molar-refractivity contribution in [1.82, 2.24) is 4.90 Å². The van der Waals surface area contributed by atoms with Crippen LogP contribution in [0.4, 0.5) is 4.39 Å². The van der Waals surface area contributed by atoms with Crippen LogP contribution in [-0.4, -0.2) is 36.2 Å². The molecule has 1 N–H and O–H groups in total. The van der Waals surface area contributed by atoms with Gasteiger partial charge in [-0.25, -0.2) is 4.39 Å². The average Bonchev–Trinajstić information content (AvgIpc) is 2.33. The van der Waals surface area contributed by atoms with Gasteiger partial charge >= 0.3 is 0 Å². The lowest BCUT2D eigenvalue weighted by Crippen LogP contribution is -2.26. The Kier molecular flexibility index (Phi) is 5.58. The number of halogens is 1. The highest BCUT2D eigenvalue weighted by molar-refractivity contribution is 5.75. The molecule has 0 atom stereocenters. The topological polar surface area (TPSA) is 49.8 Å². The van der Waals surface area contributed by atoms with Crippen molar-refractivity contribution in [2.24, 2.45) is 0 Å². The molecule has 0 spiro atoms. The van der Waals surface area contributed by atoms with E-state index < -0.39 is 5.82 Å². The van der Waals surface area contributed by atoms with Crippen LogP contribution in [0, 0.1) is 5.82 Å². The normalized spacial score (nSPS) is 10.2. The van der Waals surface area contributed by atoms with Crippen LogP contribution in [0.15, 0.2) is 18.2 Å². The number of benzene rings is 1.